The first-order chi connectivity index (χ1) is 11.5. The van der Waals surface area contributed by atoms with Crippen LogP contribution in [0.1, 0.15) is 18.7 Å². The molecule has 24 heavy (non-hydrogen) atoms. The van der Waals surface area contributed by atoms with Crippen molar-refractivity contribution in [3.8, 4) is 5.75 Å². The summed E-state index contributed by atoms with van der Waals surface area (Å²) < 4.78 is 7.46. The van der Waals surface area contributed by atoms with Gasteiger partial charge in [0.2, 0.25) is 5.91 Å². The summed E-state index contributed by atoms with van der Waals surface area (Å²) in [7, 11) is 1.83. The third kappa shape index (κ3) is 4.55. The molecule has 1 heterocycles. The lowest BCUT2D eigenvalue weighted by Gasteiger charge is -2.08. The van der Waals surface area contributed by atoms with E-state index in [-0.39, 0.29) is 12.5 Å². The van der Waals surface area contributed by atoms with Gasteiger partial charge in [-0.2, -0.15) is 0 Å². The van der Waals surface area contributed by atoms with E-state index in [9.17, 15) is 4.79 Å². The Labute approximate surface area is 153 Å². The summed E-state index contributed by atoms with van der Waals surface area (Å²) in [4.78, 5) is 11.7. The number of halogens is 2. The van der Waals surface area contributed by atoms with Crippen molar-refractivity contribution in [2.24, 2.45) is 7.05 Å². The average molecular weight is 387 g/mol. The minimum Gasteiger partial charge on any atom is -0.484 e. The number of carbonyl (C=O) groups is 1. The van der Waals surface area contributed by atoms with Crippen molar-refractivity contribution in [1.82, 2.24) is 20.1 Å². The van der Waals surface area contributed by atoms with E-state index >= 15 is 0 Å². The van der Waals surface area contributed by atoms with Crippen molar-refractivity contribution >= 4 is 40.9 Å². The molecule has 128 valence electrons. The van der Waals surface area contributed by atoms with Crippen molar-refractivity contribution in [1.29, 1.82) is 0 Å². The molecule has 1 fully saturated rings. The predicted molar refractivity (Wildman–Crippen MR) is 93.7 cm³/mol. The molecule has 0 aliphatic heterocycles. The predicted octanol–water partition coefficient (Wildman–Crippen LogP) is 3.07. The molecule has 1 aliphatic carbocycles. The summed E-state index contributed by atoms with van der Waals surface area (Å²) in [6.45, 7) is 0.207. The van der Waals surface area contributed by atoms with E-state index in [2.05, 4.69) is 15.5 Å². The Morgan fingerprint density at radius 3 is 2.96 bits per heavy atom. The molecule has 0 spiro atoms. The quantitative estimate of drug-likeness (QED) is 0.740. The van der Waals surface area contributed by atoms with Gasteiger partial charge in [0.15, 0.2) is 11.0 Å². The Morgan fingerprint density at radius 2 is 2.21 bits per heavy atom. The Morgan fingerprint density at radius 1 is 1.42 bits per heavy atom. The summed E-state index contributed by atoms with van der Waals surface area (Å²) >= 11 is 13.3. The fourth-order valence-electron chi connectivity index (χ4n) is 1.95. The molecule has 9 heteroatoms. The fourth-order valence-corrected chi connectivity index (χ4v) is 3.03. The summed E-state index contributed by atoms with van der Waals surface area (Å²) in [5.41, 5.74) is 0. The molecule has 1 aromatic heterocycles. The van der Waals surface area contributed by atoms with Gasteiger partial charge < -0.3 is 14.6 Å². The molecule has 0 saturated heterocycles. The largest absolute Gasteiger partial charge is 0.484 e. The molecule has 0 bridgehead atoms. The van der Waals surface area contributed by atoms with Gasteiger partial charge in [0.05, 0.1) is 10.8 Å². The minimum absolute atomic E-state index is 0.0222. The van der Waals surface area contributed by atoms with Crippen molar-refractivity contribution in [3.63, 3.8) is 0 Å². The molecule has 2 aromatic rings. The minimum atomic E-state index is 0.0222. The number of benzene rings is 1. The Balaban J connectivity index is 1.55. The molecule has 0 atom stereocenters. The second-order valence-corrected chi connectivity index (χ2v) is 7.24. The number of rotatable bonds is 7. The molecular formula is C15H16Cl2N4O2S. The van der Waals surface area contributed by atoms with Crippen LogP contribution in [0.15, 0.2) is 23.4 Å². The molecule has 0 radical (unpaired) electrons. The number of hydrogen-bond acceptors (Lipinski definition) is 5. The molecule has 0 unspecified atom stereocenters. The van der Waals surface area contributed by atoms with E-state index in [0.29, 0.717) is 38.6 Å². The van der Waals surface area contributed by atoms with Crippen LogP contribution in [0.4, 0.5) is 0 Å². The van der Waals surface area contributed by atoms with Gasteiger partial charge in [0.1, 0.15) is 12.4 Å². The number of thioether (sulfide) groups is 1. The van der Waals surface area contributed by atoms with Crippen LogP contribution >= 0.6 is 35.0 Å². The molecule has 1 saturated carbocycles. The van der Waals surface area contributed by atoms with Crippen LogP contribution in [0.3, 0.4) is 0 Å². The first-order valence-corrected chi connectivity index (χ1v) is 9.15. The van der Waals surface area contributed by atoms with Gasteiger partial charge in [-0.3, -0.25) is 4.79 Å². The molecule has 3 rings (SSSR count). The van der Waals surface area contributed by atoms with Gasteiger partial charge in [0, 0.05) is 24.2 Å². The number of ether oxygens (including phenoxy) is 1. The van der Waals surface area contributed by atoms with E-state index < -0.39 is 0 Å². The number of nitrogens with zero attached hydrogens (tertiary/aromatic N) is 3. The zero-order valence-corrected chi connectivity index (χ0v) is 15.3. The average Bonchev–Trinajstić information content (AvgIpc) is 3.29. The van der Waals surface area contributed by atoms with Crippen LogP contribution < -0.4 is 10.1 Å². The van der Waals surface area contributed by atoms with Crippen LogP contribution in [-0.2, 0) is 18.4 Å². The maximum Gasteiger partial charge on any atom is 0.230 e. The number of aromatic nitrogens is 3. The lowest BCUT2D eigenvalue weighted by Crippen LogP contribution is -2.27. The van der Waals surface area contributed by atoms with E-state index in [0.717, 1.165) is 12.8 Å². The highest BCUT2D eigenvalue weighted by molar-refractivity contribution is 7.99. The van der Waals surface area contributed by atoms with Crippen molar-refractivity contribution < 1.29 is 9.53 Å². The topological polar surface area (TPSA) is 69.0 Å². The molecular weight excluding hydrogens is 371 g/mol. The van der Waals surface area contributed by atoms with Crippen LogP contribution in [0.5, 0.6) is 5.75 Å². The molecule has 6 nitrogen and oxygen atoms in total. The number of hydrogen-bond donors (Lipinski definition) is 1. The third-order valence-corrected chi connectivity index (χ3v) is 5.02. The number of nitrogens with one attached hydrogen (secondary N) is 1. The van der Waals surface area contributed by atoms with Gasteiger partial charge in [-0.05, 0) is 25.0 Å². The first-order valence-electron chi connectivity index (χ1n) is 7.41. The van der Waals surface area contributed by atoms with E-state index in [1.807, 2.05) is 7.05 Å². The van der Waals surface area contributed by atoms with Crippen LogP contribution in [0.25, 0.3) is 0 Å². The summed E-state index contributed by atoms with van der Waals surface area (Å²) in [5.74, 6) is 1.47. The van der Waals surface area contributed by atoms with Gasteiger partial charge in [-0.25, -0.2) is 0 Å². The molecule has 1 aromatic carbocycles. The van der Waals surface area contributed by atoms with E-state index in [1.54, 1.807) is 22.8 Å². The Kier molecular flexibility index (Phi) is 5.53. The standard InChI is InChI=1S/C15H16Cl2N4O2S/c1-21-13(7-23-12-6-9(16)2-5-11(12)17)19-20-15(21)24-8-14(22)18-10-3-4-10/h2,5-6,10H,3-4,7-8H2,1H3,(H,18,22). The van der Waals surface area contributed by atoms with Crippen LogP contribution in [0.2, 0.25) is 10.0 Å². The molecule has 1 N–H and O–H groups in total. The van der Waals surface area contributed by atoms with Gasteiger partial charge in [-0.1, -0.05) is 35.0 Å². The maximum absolute atomic E-state index is 11.7. The van der Waals surface area contributed by atoms with Gasteiger partial charge in [0.25, 0.3) is 0 Å². The highest BCUT2D eigenvalue weighted by Gasteiger charge is 2.23. The Hall–Kier alpha value is -1.44. The van der Waals surface area contributed by atoms with Crippen LogP contribution in [0, 0.1) is 0 Å². The lowest BCUT2D eigenvalue weighted by atomic mass is 10.3. The zero-order chi connectivity index (χ0) is 17.1. The van der Waals surface area contributed by atoms with E-state index in [4.69, 9.17) is 27.9 Å². The SMILES string of the molecule is Cn1c(COc2cc(Cl)ccc2Cl)nnc1SCC(=O)NC1CC1. The van der Waals surface area contributed by atoms with Crippen LogP contribution in [-0.4, -0.2) is 32.5 Å². The highest BCUT2D eigenvalue weighted by Crippen LogP contribution is 2.28. The summed E-state index contributed by atoms with van der Waals surface area (Å²) in [5, 5.41) is 12.8. The second kappa shape index (κ2) is 7.63. The smallest absolute Gasteiger partial charge is 0.230 e. The highest BCUT2D eigenvalue weighted by atomic mass is 35.5. The summed E-state index contributed by atoms with van der Waals surface area (Å²) in [6, 6.07) is 5.39. The lowest BCUT2D eigenvalue weighted by molar-refractivity contribution is -0.118. The normalized spacial score (nSPS) is 13.8. The van der Waals surface area contributed by atoms with Crippen molar-refractivity contribution in [3.05, 3.63) is 34.1 Å². The Bertz CT molecular complexity index is 749. The van der Waals surface area contributed by atoms with Gasteiger partial charge >= 0.3 is 0 Å². The van der Waals surface area contributed by atoms with Crippen molar-refractivity contribution in [2.45, 2.75) is 30.6 Å². The first kappa shape index (κ1) is 17.4. The van der Waals surface area contributed by atoms with E-state index in [1.165, 1.54) is 11.8 Å². The fraction of sp³-hybridized carbons (Fsp3) is 0.400. The zero-order valence-electron chi connectivity index (χ0n) is 13.0. The second-order valence-electron chi connectivity index (χ2n) is 5.45. The maximum atomic E-state index is 11.7. The van der Waals surface area contributed by atoms with Crippen molar-refractivity contribution in [2.75, 3.05) is 5.75 Å². The third-order valence-electron chi connectivity index (χ3n) is 3.45. The monoisotopic (exact) mass is 386 g/mol. The number of amides is 1. The number of carbonyl (C=O) groups excluding carboxylic acids is 1. The molecule has 1 amide bonds. The van der Waals surface area contributed by atoms with Gasteiger partial charge in [-0.15, -0.1) is 10.2 Å². The molecule has 1 aliphatic rings. The summed E-state index contributed by atoms with van der Waals surface area (Å²) in [6.07, 6.45) is 2.15.